The highest BCUT2D eigenvalue weighted by atomic mass is 31.2. The fourth-order valence-corrected chi connectivity index (χ4v) is 7.58. The first-order valence-corrected chi connectivity index (χ1v) is 26.0. The van der Waals surface area contributed by atoms with Crippen molar-refractivity contribution in [3.63, 3.8) is 0 Å². The van der Waals surface area contributed by atoms with E-state index in [9.17, 15) is 19.4 Å². The number of ether oxygens (including phenoxy) is 2. The van der Waals surface area contributed by atoms with E-state index in [4.69, 9.17) is 23.6 Å². The van der Waals surface area contributed by atoms with Gasteiger partial charge in [0.2, 0.25) is 0 Å². The number of carbonyl (C=O) groups excluding carboxylic acids is 1. The number of esters is 1. The van der Waals surface area contributed by atoms with Crippen molar-refractivity contribution in [2.45, 2.75) is 238 Å². The van der Waals surface area contributed by atoms with Crippen molar-refractivity contribution in [2.24, 2.45) is 0 Å². The lowest BCUT2D eigenvalue weighted by molar-refractivity contribution is -0.154. The van der Waals surface area contributed by atoms with Crippen LogP contribution in [0, 0.1) is 0 Å². The number of hydrogen-bond acceptors (Lipinski definition) is 8. The zero-order valence-corrected chi connectivity index (χ0v) is 39.1. The second-order valence-corrected chi connectivity index (χ2v) is 17.9. The summed E-state index contributed by atoms with van der Waals surface area (Å²) in [7, 11) is -4.52. The van der Waals surface area contributed by atoms with Gasteiger partial charge in [-0.3, -0.25) is 13.8 Å². The molecule has 0 heterocycles. The van der Waals surface area contributed by atoms with Crippen molar-refractivity contribution < 1.29 is 43.0 Å². The van der Waals surface area contributed by atoms with Crippen LogP contribution in [0.3, 0.4) is 0 Å². The third-order valence-electron chi connectivity index (χ3n) is 10.5. The van der Waals surface area contributed by atoms with Crippen LogP contribution >= 0.6 is 7.82 Å². The Kier molecular flexibility index (Phi) is 45.2. The Morgan fingerprint density at radius 3 is 1.37 bits per heavy atom. The number of carbonyl (C=O) groups is 1. The topological polar surface area (TPSA) is 132 Å². The quantitative estimate of drug-likeness (QED) is 0.0237. The second-order valence-electron chi connectivity index (χ2n) is 16.5. The van der Waals surface area contributed by atoms with Crippen molar-refractivity contribution in [1.29, 1.82) is 0 Å². The highest BCUT2D eigenvalue weighted by Gasteiger charge is 2.26. The van der Waals surface area contributed by atoms with Crippen molar-refractivity contribution in [3.05, 3.63) is 36.5 Å². The molecule has 0 aliphatic heterocycles. The summed E-state index contributed by atoms with van der Waals surface area (Å²) < 4.78 is 33.5. The summed E-state index contributed by atoms with van der Waals surface area (Å²) in [6.07, 6.45) is 51.0. The zero-order chi connectivity index (χ0) is 43.2. The van der Waals surface area contributed by atoms with Gasteiger partial charge in [0, 0.05) is 13.0 Å². The summed E-state index contributed by atoms with van der Waals surface area (Å²) in [6, 6.07) is 0. The highest BCUT2D eigenvalue weighted by Crippen LogP contribution is 2.43. The van der Waals surface area contributed by atoms with Gasteiger partial charge >= 0.3 is 13.8 Å². The number of aliphatic hydroxyl groups excluding tert-OH is 2. The first kappa shape index (κ1) is 57.7. The summed E-state index contributed by atoms with van der Waals surface area (Å²) in [6.45, 7) is 3.52. The Morgan fingerprint density at radius 1 is 0.525 bits per heavy atom. The smallest absolute Gasteiger partial charge is 0.457 e. The Labute approximate surface area is 363 Å². The standard InChI is InChI=1S/C49H93O9P/c1-3-5-7-9-11-13-15-17-19-21-22-23-24-25-27-29-31-33-35-37-39-41-49(52)58-48(46-57-59(53,54)56-44-47(51)43-50)45-55-42-40-38-36-34-32-30-28-26-20-18-16-14-12-10-8-6-4-2/h15,17,20-22,26,47-48,50-51H,3-14,16,18-19,23-25,27-46H2,1-2H3,(H,53,54)/b17-15-,22-21-,26-20-. The van der Waals surface area contributed by atoms with Crippen molar-refractivity contribution in [2.75, 3.05) is 33.0 Å². The number of phosphoric ester groups is 1. The number of phosphoric acid groups is 1. The van der Waals surface area contributed by atoms with Gasteiger partial charge in [-0.05, 0) is 70.6 Å². The first-order valence-electron chi connectivity index (χ1n) is 24.5. The summed E-state index contributed by atoms with van der Waals surface area (Å²) in [5, 5.41) is 18.4. The van der Waals surface area contributed by atoms with Crippen molar-refractivity contribution in [1.82, 2.24) is 0 Å². The highest BCUT2D eigenvalue weighted by molar-refractivity contribution is 7.47. The zero-order valence-electron chi connectivity index (χ0n) is 38.2. The van der Waals surface area contributed by atoms with Crippen LogP contribution in [0.1, 0.15) is 226 Å². The Balaban J connectivity index is 4.11. The molecule has 0 radical (unpaired) electrons. The van der Waals surface area contributed by atoms with Crippen molar-refractivity contribution in [3.8, 4) is 0 Å². The van der Waals surface area contributed by atoms with Crippen molar-refractivity contribution >= 4 is 13.8 Å². The number of hydrogen-bond donors (Lipinski definition) is 3. The fourth-order valence-electron chi connectivity index (χ4n) is 6.79. The van der Waals surface area contributed by atoms with Crippen LogP contribution in [0.4, 0.5) is 0 Å². The predicted octanol–water partition coefficient (Wildman–Crippen LogP) is 14.0. The maximum Gasteiger partial charge on any atom is 0.472 e. The van der Waals surface area contributed by atoms with E-state index >= 15 is 0 Å². The summed E-state index contributed by atoms with van der Waals surface area (Å²) in [5.74, 6) is -0.387. The number of unbranched alkanes of at least 4 members (excludes halogenated alkanes) is 27. The molecule has 3 N–H and O–H groups in total. The molecule has 0 aromatic heterocycles. The minimum absolute atomic E-state index is 0.0448. The molecular formula is C49H93O9P. The third kappa shape index (κ3) is 46.0. The minimum Gasteiger partial charge on any atom is -0.457 e. The van der Waals surface area contributed by atoms with E-state index in [0.717, 1.165) is 57.8 Å². The summed E-state index contributed by atoms with van der Waals surface area (Å²) >= 11 is 0. The maximum atomic E-state index is 12.7. The molecule has 9 nitrogen and oxygen atoms in total. The summed E-state index contributed by atoms with van der Waals surface area (Å²) in [5.41, 5.74) is 0. The Morgan fingerprint density at radius 2 is 0.915 bits per heavy atom. The second kappa shape index (κ2) is 46.2. The van der Waals surface area contributed by atoms with Gasteiger partial charge in [0.15, 0.2) is 0 Å². The number of allylic oxidation sites excluding steroid dienone is 6. The van der Waals surface area contributed by atoms with E-state index in [2.05, 4.69) is 50.3 Å². The van der Waals surface area contributed by atoms with E-state index < -0.39 is 33.2 Å². The molecule has 0 aromatic rings. The molecule has 0 bridgehead atoms. The summed E-state index contributed by atoms with van der Waals surface area (Å²) in [4.78, 5) is 22.7. The number of aliphatic hydroxyl groups is 2. The molecule has 10 heteroatoms. The van der Waals surface area contributed by atoms with Crippen LogP contribution in [-0.4, -0.2) is 66.3 Å². The average Bonchev–Trinajstić information content (AvgIpc) is 3.23. The molecule has 0 rings (SSSR count). The molecule has 0 aromatic carbocycles. The van der Waals surface area contributed by atoms with Gasteiger partial charge in [0.05, 0.1) is 26.4 Å². The average molecular weight is 857 g/mol. The molecule has 0 aliphatic carbocycles. The lowest BCUT2D eigenvalue weighted by atomic mass is 10.1. The molecule has 0 saturated heterocycles. The van der Waals surface area contributed by atoms with Gasteiger partial charge in [-0.1, -0.05) is 185 Å². The molecule has 0 fully saturated rings. The molecule has 3 unspecified atom stereocenters. The van der Waals surface area contributed by atoms with Gasteiger partial charge in [0.25, 0.3) is 0 Å². The normalized spacial score (nSPS) is 14.2. The van der Waals surface area contributed by atoms with Crippen LogP contribution in [-0.2, 0) is 27.9 Å². The van der Waals surface area contributed by atoms with Gasteiger partial charge < -0.3 is 24.6 Å². The van der Waals surface area contributed by atoms with E-state index in [1.54, 1.807) is 0 Å². The van der Waals surface area contributed by atoms with E-state index in [1.807, 2.05) is 0 Å². The molecule has 0 saturated carbocycles. The molecule has 0 amide bonds. The molecule has 59 heavy (non-hydrogen) atoms. The molecule has 3 atom stereocenters. The van der Waals surface area contributed by atoms with Crippen LogP contribution in [0.15, 0.2) is 36.5 Å². The van der Waals surface area contributed by atoms with Crippen LogP contribution in [0.5, 0.6) is 0 Å². The molecule has 348 valence electrons. The van der Waals surface area contributed by atoms with Crippen LogP contribution in [0.2, 0.25) is 0 Å². The maximum absolute atomic E-state index is 12.7. The third-order valence-corrected chi connectivity index (χ3v) is 11.5. The fraction of sp³-hybridized carbons (Fsp3) is 0.857. The molecule has 0 aliphatic rings. The van der Waals surface area contributed by atoms with Gasteiger partial charge in [-0.25, -0.2) is 4.57 Å². The number of rotatable bonds is 47. The van der Waals surface area contributed by atoms with Crippen LogP contribution in [0.25, 0.3) is 0 Å². The Hall–Kier alpha value is -1.32. The lowest BCUT2D eigenvalue weighted by Crippen LogP contribution is -2.29. The van der Waals surface area contributed by atoms with Gasteiger partial charge in [0.1, 0.15) is 12.2 Å². The minimum atomic E-state index is -4.52. The lowest BCUT2D eigenvalue weighted by Gasteiger charge is -2.20. The monoisotopic (exact) mass is 857 g/mol. The predicted molar refractivity (Wildman–Crippen MR) is 247 cm³/mol. The van der Waals surface area contributed by atoms with E-state index in [1.165, 1.54) is 148 Å². The molecular weight excluding hydrogens is 764 g/mol. The SMILES string of the molecule is CCCCCCC/C=C\C/C=C\CCCCCCCCCCCC(=O)OC(COCCCCCCCC/C=C\CCCCCCCCC)COP(=O)(O)OCC(O)CO. The molecule has 0 spiro atoms. The van der Waals surface area contributed by atoms with E-state index in [-0.39, 0.29) is 25.6 Å². The van der Waals surface area contributed by atoms with Gasteiger partial charge in [-0.2, -0.15) is 0 Å². The largest absolute Gasteiger partial charge is 0.472 e. The van der Waals surface area contributed by atoms with E-state index in [0.29, 0.717) is 6.61 Å². The van der Waals surface area contributed by atoms with Crippen LogP contribution < -0.4 is 0 Å². The first-order chi connectivity index (χ1) is 28.8. The van der Waals surface area contributed by atoms with Gasteiger partial charge in [-0.15, -0.1) is 0 Å². The Bertz CT molecular complexity index is 1020.